The third-order valence-electron chi connectivity index (χ3n) is 2.09. The van der Waals surface area contributed by atoms with Crippen molar-refractivity contribution in [2.75, 3.05) is 0 Å². The number of halogens is 2. The normalized spacial score (nSPS) is 10.5. The molecule has 0 bridgehead atoms. The largest absolute Gasteiger partial charge is 0.481 e. The van der Waals surface area contributed by atoms with Gasteiger partial charge in [-0.15, -0.1) is 5.10 Å². The maximum absolute atomic E-state index is 12.9. The van der Waals surface area contributed by atoms with E-state index in [1.807, 2.05) is 0 Å². The quantitative estimate of drug-likeness (QED) is 0.906. The molecule has 0 spiro atoms. The first-order valence-corrected chi connectivity index (χ1v) is 5.02. The van der Waals surface area contributed by atoms with E-state index < -0.39 is 11.8 Å². The molecule has 1 aromatic carbocycles. The summed E-state index contributed by atoms with van der Waals surface area (Å²) in [5, 5.41) is 16.2. The molecule has 1 aromatic heterocycles. The van der Waals surface area contributed by atoms with Gasteiger partial charge in [-0.1, -0.05) is 16.8 Å². The van der Waals surface area contributed by atoms with Gasteiger partial charge in [0.2, 0.25) is 0 Å². The van der Waals surface area contributed by atoms with Gasteiger partial charge in [0, 0.05) is 0 Å². The smallest absolute Gasteiger partial charge is 0.309 e. The molecule has 0 unspecified atom stereocenters. The number of hydrogen-bond acceptors (Lipinski definition) is 3. The lowest BCUT2D eigenvalue weighted by molar-refractivity contribution is -0.136. The topological polar surface area (TPSA) is 68.0 Å². The van der Waals surface area contributed by atoms with E-state index in [-0.39, 0.29) is 11.4 Å². The molecule has 0 fully saturated rings. The SMILES string of the molecule is O=C(O)Cc1cnnn1-c1ccc(F)cc1Cl. The highest BCUT2D eigenvalue weighted by Gasteiger charge is 2.12. The van der Waals surface area contributed by atoms with Crippen LogP contribution < -0.4 is 0 Å². The minimum Gasteiger partial charge on any atom is -0.481 e. The Kier molecular flexibility index (Phi) is 3.06. The summed E-state index contributed by atoms with van der Waals surface area (Å²) >= 11 is 5.85. The second kappa shape index (κ2) is 4.50. The van der Waals surface area contributed by atoms with Gasteiger partial charge in [-0.25, -0.2) is 9.07 Å². The zero-order chi connectivity index (χ0) is 12.4. The van der Waals surface area contributed by atoms with Crippen molar-refractivity contribution in [1.82, 2.24) is 15.0 Å². The van der Waals surface area contributed by atoms with Gasteiger partial charge in [0.05, 0.1) is 29.0 Å². The highest BCUT2D eigenvalue weighted by atomic mass is 35.5. The van der Waals surface area contributed by atoms with E-state index in [1.54, 1.807) is 0 Å². The maximum Gasteiger partial charge on any atom is 0.309 e. The average Bonchev–Trinajstić information content (AvgIpc) is 2.65. The zero-order valence-electron chi connectivity index (χ0n) is 8.47. The van der Waals surface area contributed by atoms with Crippen molar-refractivity contribution >= 4 is 17.6 Å². The average molecular weight is 256 g/mol. The molecular formula is C10H7ClFN3O2. The minimum absolute atomic E-state index is 0.141. The third kappa shape index (κ3) is 2.42. The molecule has 5 nitrogen and oxygen atoms in total. The van der Waals surface area contributed by atoms with Crippen LogP contribution in [0.5, 0.6) is 0 Å². The molecule has 0 aliphatic rings. The molecule has 2 aromatic rings. The van der Waals surface area contributed by atoms with Gasteiger partial charge in [0.15, 0.2) is 0 Å². The molecule has 0 radical (unpaired) electrons. The Morgan fingerprint density at radius 3 is 2.94 bits per heavy atom. The highest BCUT2D eigenvalue weighted by Crippen LogP contribution is 2.21. The van der Waals surface area contributed by atoms with Crippen LogP contribution in [0.4, 0.5) is 4.39 Å². The van der Waals surface area contributed by atoms with Crippen molar-refractivity contribution in [2.45, 2.75) is 6.42 Å². The second-order valence-corrected chi connectivity index (χ2v) is 3.71. The number of carboxylic acids is 1. The second-order valence-electron chi connectivity index (χ2n) is 3.30. The Morgan fingerprint density at radius 1 is 1.53 bits per heavy atom. The van der Waals surface area contributed by atoms with Crippen molar-refractivity contribution in [3.63, 3.8) is 0 Å². The predicted molar refractivity (Wildman–Crippen MR) is 57.7 cm³/mol. The van der Waals surface area contributed by atoms with E-state index in [0.29, 0.717) is 11.4 Å². The number of benzene rings is 1. The summed E-state index contributed by atoms with van der Waals surface area (Å²) in [5.74, 6) is -1.48. The first-order chi connectivity index (χ1) is 8.08. The summed E-state index contributed by atoms with van der Waals surface area (Å²) in [6.07, 6.45) is 1.09. The number of hydrogen-bond donors (Lipinski definition) is 1. The Hall–Kier alpha value is -1.95. The molecule has 1 heterocycles. The molecule has 0 aliphatic carbocycles. The number of nitrogens with zero attached hydrogens (tertiary/aromatic N) is 3. The summed E-state index contributed by atoms with van der Waals surface area (Å²) in [6.45, 7) is 0. The van der Waals surface area contributed by atoms with Crippen LogP contribution in [0.2, 0.25) is 5.02 Å². The summed E-state index contributed by atoms with van der Waals surface area (Å²) < 4.78 is 14.1. The van der Waals surface area contributed by atoms with Crippen LogP contribution >= 0.6 is 11.6 Å². The molecule has 0 saturated carbocycles. The van der Waals surface area contributed by atoms with Gasteiger partial charge in [0.25, 0.3) is 0 Å². The van der Waals surface area contributed by atoms with Crippen molar-refractivity contribution in [1.29, 1.82) is 0 Å². The van der Waals surface area contributed by atoms with E-state index in [1.165, 1.54) is 23.0 Å². The number of aliphatic carboxylic acids is 1. The van der Waals surface area contributed by atoms with Crippen LogP contribution in [0.1, 0.15) is 5.69 Å². The van der Waals surface area contributed by atoms with Crippen LogP contribution in [-0.2, 0) is 11.2 Å². The Labute approximate surface area is 100 Å². The van der Waals surface area contributed by atoms with E-state index in [2.05, 4.69) is 10.3 Å². The van der Waals surface area contributed by atoms with Crippen LogP contribution in [0, 0.1) is 5.82 Å². The van der Waals surface area contributed by atoms with Gasteiger partial charge in [0.1, 0.15) is 5.82 Å². The molecule has 0 amide bonds. The monoisotopic (exact) mass is 255 g/mol. The third-order valence-corrected chi connectivity index (χ3v) is 2.39. The van der Waals surface area contributed by atoms with Gasteiger partial charge < -0.3 is 5.11 Å². The van der Waals surface area contributed by atoms with E-state index in [4.69, 9.17) is 16.7 Å². The molecular weight excluding hydrogens is 249 g/mol. The van der Waals surface area contributed by atoms with Gasteiger partial charge in [-0.05, 0) is 18.2 Å². The van der Waals surface area contributed by atoms with Crippen molar-refractivity contribution in [2.24, 2.45) is 0 Å². The van der Waals surface area contributed by atoms with Crippen LogP contribution in [-0.4, -0.2) is 26.1 Å². The van der Waals surface area contributed by atoms with E-state index in [9.17, 15) is 9.18 Å². The van der Waals surface area contributed by atoms with Gasteiger partial charge >= 0.3 is 5.97 Å². The van der Waals surface area contributed by atoms with Crippen LogP contribution in [0.25, 0.3) is 5.69 Å². The van der Waals surface area contributed by atoms with E-state index >= 15 is 0 Å². The summed E-state index contributed by atoms with van der Waals surface area (Å²) in [4.78, 5) is 10.6. The molecule has 2 rings (SSSR count). The molecule has 0 aliphatic heterocycles. The molecule has 0 saturated heterocycles. The van der Waals surface area contributed by atoms with Gasteiger partial charge in [-0.3, -0.25) is 4.79 Å². The number of carboxylic acid groups (broad SMARTS) is 1. The molecule has 7 heteroatoms. The molecule has 17 heavy (non-hydrogen) atoms. The minimum atomic E-state index is -1.01. The van der Waals surface area contributed by atoms with Crippen molar-refractivity contribution in [3.05, 3.63) is 40.9 Å². The fourth-order valence-corrected chi connectivity index (χ4v) is 1.63. The standard InChI is InChI=1S/C10H7ClFN3O2/c11-8-3-6(12)1-2-9(8)15-7(4-10(16)17)5-13-14-15/h1-3,5H,4H2,(H,16,17). The molecule has 1 N–H and O–H groups in total. The number of rotatable bonds is 3. The van der Waals surface area contributed by atoms with Crippen LogP contribution in [0.15, 0.2) is 24.4 Å². The summed E-state index contributed by atoms with van der Waals surface area (Å²) in [7, 11) is 0. The predicted octanol–water partition coefficient (Wildman–Crippen LogP) is 1.69. The molecule has 88 valence electrons. The molecule has 0 atom stereocenters. The maximum atomic E-state index is 12.9. The lowest BCUT2D eigenvalue weighted by atomic mass is 10.3. The summed E-state index contributed by atoms with van der Waals surface area (Å²) in [5.41, 5.74) is 0.757. The Morgan fingerprint density at radius 2 is 2.29 bits per heavy atom. The summed E-state index contributed by atoms with van der Waals surface area (Å²) in [6, 6.07) is 3.76. The fourth-order valence-electron chi connectivity index (χ4n) is 1.39. The lowest BCUT2D eigenvalue weighted by Crippen LogP contribution is -2.08. The van der Waals surface area contributed by atoms with Crippen molar-refractivity contribution < 1.29 is 14.3 Å². The lowest BCUT2D eigenvalue weighted by Gasteiger charge is -2.06. The van der Waals surface area contributed by atoms with E-state index in [0.717, 1.165) is 6.07 Å². The number of aromatic nitrogens is 3. The van der Waals surface area contributed by atoms with Crippen molar-refractivity contribution in [3.8, 4) is 5.69 Å². The van der Waals surface area contributed by atoms with Gasteiger partial charge in [-0.2, -0.15) is 0 Å². The highest BCUT2D eigenvalue weighted by molar-refractivity contribution is 6.32. The first-order valence-electron chi connectivity index (χ1n) is 4.64. The Bertz CT molecular complexity index is 570. The zero-order valence-corrected chi connectivity index (χ0v) is 9.23. The van der Waals surface area contributed by atoms with Crippen LogP contribution in [0.3, 0.4) is 0 Å². The first kappa shape index (κ1) is 11.5. The number of carbonyl (C=O) groups is 1. The fraction of sp³-hybridized carbons (Fsp3) is 0.100. The Balaban J connectivity index is 2.46.